The van der Waals surface area contributed by atoms with Crippen LogP contribution >= 0.6 is 23.2 Å². The molecule has 0 fully saturated rings. The van der Waals surface area contributed by atoms with Crippen molar-refractivity contribution < 1.29 is 38.0 Å². The number of carbonyl (C=O) groups is 2. The van der Waals surface area contributed by atoms with Crippen LogP contribution in [0, 0.1) is 0 Å². The fourth-order valence-corrected chi connectivity index (χ4v) is 5.85. The molecule has 52 heavy (non-hydrogen) atoms. The zero-order valence-corrected chi connectivity index (χ0v) is 30.6. The van der Waals surface area contributed by atoms with Gasteiger partial charge in [0.25, 0.3) is 0 Å². The minimum absolute atomic E-state index is 0.0331. The predicted octanol–water partition coefficient (Wildman–Crippen LogP) is 11.0. The Kier molecular flexibility index (Phi) is 14.2. The van der Waals surface area contributed by atoms with Gasteiger partial charge in [0.1, 0.15) is 28.6 Å². The Hall–Kier alpha value is -5.18. The van der Waals surface area contributed by atoms with Gasteiger partial charge in [0.05, 0.1) is 33.0 Å². The molecule has 0 heterocycles. The molecule has 10 heteroatoms. The fraction of sp³-hybridized carbons (Fsp3) is 0.238. The van der Waals surface area contributed by atoms with Crippen LogP contribution in [-0.4, -0.2) is 39.4 Å². The molecule has 0 bridgehead atoms. The van der Waals surface area contributed by atoms with Gasteiger partial charge >= 0.3 is 11.9 Å². The summed E-state index contributed by atoms with van der Waals surface area (Å²) >= 11 is 12.2. The second-order valence-electron chi connectivity index (χ2n) is 11.8. The van der Waals surface area contributed by atoms with Gasteiger partial charge in [-0.2, -0.15) is 0 Å². The molecule has 0 amide bonds. The van der Waals surface area contributed by atoms with Gasteiger partial charge in [-0.05, 0) is 122 Å². The molecular formula is C42H40Cl2O8. The Morgan fingerprint density at radius 3 is 1.52 bits per heavy atom. The first kappa shape index (κ1) is 38.1. The van der Waals surface area contributed by atoms with Gasteiger partial charge in [0.15, 0.2) is 11.5 Å². The molecule has 0 spiro atoms. The molecule has 0 unspecified atom stereocenters. The first-order valence-electron chi connectivity index (χ1n) is 17.0. The number of carbonyl (C=O) groups excluding carboxylic acids is 2. The highest BCUT2D eigenvalue weighted by Crippen LogP contribution is 2.36. The van der Waals surface area contributed by atoms with E-state index in [2.05, 4.69) is 6.07 Å². The van der Waals surface area contributed by atoms with Gasteiger partial charge in [-0.15, -0.1) is 0 Å². The van der Waals surface area contributed by atoms with E-state index in [0.29, 0.717) is 40.3 Å². The molecule has 270 valence electrons. The highest BCUT2D eigenvalue weighted by Gasteiger charge is 2.27. The molecule has 0 saturated heterocycles. The Morgan fingerprint density at radius 1 is 0.538 bits per heavy atom. The number of halogens is 2. The third-order valence-electron chi connectivity index (χ3n) is 8.00. The van der Waals surface area contributed by atoms with Crippen molar-refractivity contribution in [2.24, 2.45) is 0 Å². The van der Waals surface area contributed by atoms with Crippen LogP contribution in [0.3, 0.4) is 0 Å². The van der Waals surface area contributed by atoms with Crippen molar-refractivity contribution in [3.8, 4) is 34.5 Å². The molecule has 0 saturated carbocycles. The van der Waals surface area contributed by atoms with Crippen LogP contribution < -0.4 is 18.9 Å². The maximum absolute atomic E-state index is 13.0. The summed E-state index contributed by atoms with van der Waals surface area (Å²) in [7, 11) is 2.50. The monoisotopic (exact) mass is 742 g/mol. The average molecular weight is 744 g/mol. The van der Waals surface area contributed by atoms with Gasteiger partial charge in [0.2, 0.25) is 0 Å². The molecule has 0 aliphatic heterocycles. The van der Waals surface area contributed by atoms with Crippen molar-refractivity contribution >= 4 is 35.1 Å². The molecule has 0 aromatic heterocycles. The molecule has 0 aliphatic rings. The molecule has 0 N–H and O–H groups in total. The quantitative estimate of drug-likeness (QED) is 0.0647. The number of hydrogen-bond donors (Lipinski definition) is 0. The van der Waals surface area contributed by atoms with Crippen molar-refractivity contribution in [2.75, 3.05) is 27.4 Å². The summed E-state index contributed by atoms with van der Waals surface area (Å²) in [5.74, 6) is 1.87. The van der Waals surface area contributed by atoms with Crippen LogP contribution in [0.25, 0.3) is 0 Å². The van der Waals surface area contributed by atoms with Gasteiger partial charge < -0.3 is 28.4 Å². The van der Waals surface area contributed by atoms with Gasteiger partial charge in [-0.3, -0.25) is 0 Å². The Bertz CT molecular complexity index is 1960. The number of methoxy groups -OCH3 is 2. The molecule has 0 aliphatic carbocycles. The van der Waals surface area contributed by atoms with E-state index >= 15 is 0 Å². The normalized spacial score (nSPS) is 10.7. The summed E-state index contributed by atoms with van der Waals surface area (Å²) in [6, 6.07) is 33.4. The number of unbranched alkanes of at least 4 members (excludes halogenated alkanes) is 2. The lowest BCUT2D eigenvalue weighted by Gasteiger charge is -2.18. The molecule has 0 atom stereocenters. The largest absolute Gasteiger partial charge is 0.490 e. The van der Waals surface area contributed by atoms with Crippen LogP contribution in [0.1, 0.15) is 57.5 Å². The maximum Gasteiger partial charge on any atom is 0.342 e. The number of hydrogen-bond acceptors (Lipinski definition) is 8. The minimum atomic E-state index is -0.725. The molecule has 5 aromatic carbocycles. The Labute approximate surface area is 314 Å². The number of benzene rings is 5. The predicted molar refractivity (Wildman–Crippen MR) is 202 cm³/mol. The molecular weight excluding hydrogens is 703 g/mol. The first-order chi connectivity index (χ1) is 25.3. The lowest BCUT2D eigenvalue weighted by molar-refractivity contribution is 0.0550. The van der Waals surface area contributed by atoms with E-state index in [9.17, 15) is 9.59 Å². The number of aryl methyl sites for hydroxylation is 2. The van der Waals surface area contributed by atoms with E-state index in [1.54, 1.807) is 30.3 Å². The number of ether oxygens (including phenoxy) is 6. The van der Waals surface area contributed by atoms with Crippen molar-refractivity contribution in [2.45, 2.75) is 38.5 Å². The van der Waals surface area contributed by atoms with Gasteiger partial charge in [-0.1, -0.05) is 59.6 Å². The van der Waals surface area contributed by atoms with Crippen LogP contribution in [0.5, 0.6) is 34.5 Å². The van der Waals surface area contributed by atoms with Crippen molar-refractivity contribution in [3.05, 3.63) is 141 Å². The Balaban J connectivity index is 1.17. The average Bonchev–Trinajstić information content (AvgIpc) is 3.14. The van der Waals surface area contributed by atoms with Crippen molar-refractivity contribution in [1.82, 2.24) is 0 Å². The highest BCUT2D eigenvalue weighted by molar-refractivity contribution is 6.31. The van der Waals surface area contributed by atoms with Gasteiger partial charge in [-0.25, -0.2) is 9.59 Å². The number of rotatable bonds is 18. The van der Waals surface area contributed by atoms with E-state index in [1.165, 1.54) is 20.3 Å². The van der Waals surface area contributed by atoms with Crippen LogP contribution in [0.15, 0.2) is 109 Å². The third kappa shape index (κ3) is 11.2. The first-order valence-corrected chi connectivity index (χ1v) is 17.7. The second kappa shape index (κ2) is 19.4. The van der Waals surface area contributed by atoms with Crippen LogP contribution in [-0.2, 0) is 22.3 Å². The SMILES string of the molecule is COC(=O)c1ccc(OCCCCc2cccc(Oc3cccc(Cl)c3)c2)c(OCCCCc2cccc(Oc3cccc(Cl)c3)c2)c1C(=O)OC. The molecule has 0 radical (unpaired) electrons. The minimum Gasteiger partial charge on any atom is -0.490 e. The fourth-order valence-electron chi connectivity index (χ4n) is 5.49. The molecule has 5 rings (SSSR count). The zero-order valence-electron chi connectivity index (χ0n) is 29.1. The third-order valence-corrected chi connectivity index (χ3v) is 8.47. The topological polar surface area (TPSA) is 89.5 Å². The van der Waals surface area contributed by atoms with E-state index in [0.717, 1.165) is 54.7 Å². The summed E-state index contributed by atoms with van der Waals surface area (Å²) in [6.45, 7) is 0.637. The van der Waals surface area contributed by atoms with E-state index in [1.807, 2.05) is 66.7 Å². The summed E-state index contributed by atoms with van der Waals surface area (Å²) in [4.78, 5) is 25.6. The lowest BCUT2D eigenvalue weighted by Crippen LogP contribution is -2.15. The lowest BCUT2D eigenvalue weighted by atomic mass is 10.1. The standard InChI is InChI=1S/C42H40Cl2O8/c1-47-41(45)37-21-22-38(49-23-5-3-11-29-13-7-17-33(25-29)51-35-19-9-15-31(43)27-35)40(39(37)42(46)48-2)50-24-6-4-12-30-14-8-18-34(26-30)52-36-20-10-16-32(44)28-36/h7-10,13-22,25-28H,3-6,11-12,23-24H2,1-2H3. The summed E-state index contributed by atoms with van der Waals surface area (Å²) in [6.07, 6.45) is 4.62. The van der Waals surface area contributed by atoms with Crippen molar-refractivity contribution in [1.29, 1.82) is 0 Å². The molecule has 8 nitrogen and oxygen atoms in total. The maximum atomic E-state index is 13.0. The Morgan fingerprint density at radius 2 is 1.02 bits per heavy atom. The van der Waals surface area contributed by atoms with E-state index in [-0.39, 0.29) is 23.5 Å². The smallest absolute Gasteiger partial charge is 0.342 e. The number of esters is 2. The van der Waals surface area contributed by atoms with E-state index in [4.69, 9.17) is 51.6 Å². The van der Waals surface area contributed by atoms with Crippen LogP contribution in [0.2, 0.25) is 10.0 Å². The molecule has 5 aromatic rings. The second-order valence-corrected chi connectivity index (χ2v) is 12.7. The zero-order chi connectivity index (χ0) is 36.7. The highest BCUT2D eigenvalue weighted by atomic mass is 35.5. The van der Waals surface area contributed by atoms with Crippen molar-refractivity contribution in [3.63, 3.8) is 0 Å². The van der Waals surface area contributed by atoms with E-state index < -0.39 is 11.9 Å². The summed E-state index contributed by atoms with van der Waals surface area (Å²) < 4.78 is 34.2. The van der Waals surface area contributed by atoms with Gasteiger partial charge in [0, 0.05) is 10.0 Å². The summed E-state index contributed by atoms with van der Waals surface area (Å²) in [5.41, 5.74) is 2.23. The van der Waals surface area contributed by atoms with Crippen LogP contribution in [0.4, 0.5) is 0 Å². The summed E-state index contributed by atoms with van der Waals surface area (Å²) in [5, 5.41) is 1.22.